The molecule has 2 rings (SSSR count). The van der Waals surface area contributed by atoms with Crippen LogP contribution in [0.3, 0.4) is 0 Å². The zero-order valence-corrected chi connectivity index (χ0v) is 9.72. The van der Waals surface area contributed by atoms with Crippen LogP contribution in [0.25, 0.3) is 0 Å². The molecule has 1 aromatic carbocycles. The Kier molecular flexibility index (Phi) is 3.41. The van der Waals surface area contributed by atoms with E-state index in [0.29, 0.717) is 11.4 Å². The van der Waals surface area contributed by atoms with Gasteiger partial charge in [-0.2, -0.15) is 0 Å². The standard InChI is InChI=1S/C12H18N2S/c13-11-7-6-10(8-12(11)14)15-9-4-2-1-3-5-9/h6-9H,1-5,13-14H2. The topological polar surface area (TPSA) is 52.0 Å². The van der Waals surface area contributed by atoms with Gasteiger partial charge in [-0.3, -0.25) is 0 Å². The highest BCUT2D eigenvalue weighted by Gasteiger charge is 2.14. The van der Waals surface area contributed by atoms with Gasteiger partial charge in [0.25, 0.3) is 0 Å². The van der Waals surface area contributed by atoms with Gasteiger partial charge >= 0.3 is 0 Å². The van der Waals surface area contributed by atoms with Crippen molar-refractivity contribution in [1.29, 1.82) is 0 Å². The molecule has 82 valence electrons. The first-order chi connectivity index (χ1) is 7.25. The highest BCUT2D eigenvalue weighted by molar-refractivity contribution is 8.00. The molecule has 2 nitrogen and oxygen atoms in total. The Morgan fingerprint density at radius 1 is 1.00 bits per heavy atom. The van der Waals surface area contributed by atoms with Gasteiger partial charge in [-0.25, -0.2) is 0 Å². The molecular weight excluding hydrogens is 204 g/mol. The Labute approximate surface area is 95.4 Å². The molecule has 0 aliphatic heterocycles. The van der Waals surface area contributed by atoms with Crippen LogP contribution in [0.15, 0.2) is 23.1 Å². The lowest BCUT2D eigenvalue weighted by atomic mass is 10.0. The Morgan fingerprint density at radius 3 is 2.40 bits per heavy atom. The van der Waals surface area contributed by atoms with E-state index in [0.717, 1.165) is 5.25 Å². The van der Waals surface area contributed by atoms with E-state index in [1.54, 1.807) is 0 Å². The molecule has 0 unspecified atom stereocenters. The van der Waals surface area contributed by atoms with E-state index in [4.69, 9.17) is 11.5 Å². The maximum atomic E-state index is 5.79. The van der Waals surface area contributed by atoms with Gasteiger partial charge in [-0.05, 0) is 31.0 Å². The minimum atomic E-state index is 0.683. The van der Waals surface area contributed by atoms with E-state index in [1.165, 1.54) is 37.0 Å². The summed E-state index contributed by atoms with van der Waals surface area (Å²) in [4.78, 5) is 1.26. The van der Waals surface area contributed by atoms with Gasteiger partial charge in [0.2, 0.25) is 0 Å². The molecule has 4 N–H and O–H groups in total. The molecule has 1 aromatic rings. The fourth-order valence-corrected chi connectivity index (χ4v) is 3.30. The largest absolute Gasteiger partial charge is 0.397 e. The second kappa shape index (κ2) is 4.79. The zero-order chi connectivity index (χ0) is 10.7. The fraction of sp³-hybridized carbons (Fsp3) is 0.500. The maximum Gasteiger partial charge on any atom is 0.0559 e. The van der Waals surface area contributed by atoms with Crippen LogP contribution in [0, 0.1) is 0 Å². The molecule has 0 aromatic heterocycles. The molecule has 0 amide bonds. The van der Waals surface area contributed by atoms with Crippen molar-refractivity contribution in [2.75, 3.05) is 11.5 Å². The third-order valence-corrected chi connectivity index (χ3v) is 4.24. The molecule has 0 saturated heterocycles. The van der Waals surface area contributed by atoms with Crippen molar-refractivity contribution in [1.82, 2.24) is 0 Å². The third kappa shape index (κ3) is 2.81. The Morgan fingerprint density at radius 2 is 1.73 bits per heavy atom. The highest BCUT2D eigenvalue weighted by atomic mass is 32.2. The molecule has 1 fully saturated rings. The summed E-state index contributed by atoms with van der Waals surface area (Å²) in [7, 11) is 0. The van der Waals surface area contributed by atoms with Crippen molar-refractivity contribution in [2.45, 2.75) is 42.2 Å². The third-order valence-electron chi connectivity index (χ3n) is 2.91. The lowest BCUT2D eigenvalue weighted by Gasteiger charge is -2.21. The number of anilines is 2. The molecule has 0 radical (unpaired) electrons. The normalized spacial score (nSPS) is 17.9. The molecule has 1 aliphatic rings. The summed E-state index contributed by atoms with van der Waals surface area (Å²) < 4.78 is 0. The lowest BCUT2D eigenvalue weighted by Crippen LogP contribution is -2.07. The van der Waals surface area contributed by atoms with Crippen molar-refractivity contribution < 1.29 is 0 Å². The highest BCUT2D eigenvalue weighted by Crippen LogP contribution is 2.35. The summed E-state index contributed by atoms with van der Waals surface area (Å²) in [6, 6.07) is 5.97. The van der Waals surface area contributed by atoms with Gasteiger partial charge in [0.05, 0.1) is 11.4 Å². The van der Waals surface area contributed by atoms with Crippen LogP contribution >= 0.6 is 11.8 Å². The van der Waals surface area contributed by atoms with E-state index < -0.39 is 0 Å². The van der Waals surface area contributed by atoms with E-state index in [-0.39, 0.29) is 0 Å². The molecule has 0 bridgehead atoms. The van der Waals surface area contributed by atoms with Crippen molar-refractivity contribution in [3.8, 4) is 0 Å². The predicted octanol–water partition coefficient (Wildman–Crippen LogP) is 3.28. The van der Waals surface area contributed by atoms with Crippen LogP contribution < -0.4 is 11.5 Å². The lowest BCUT2D eigenvalue weighted by molar-refractivity contribution is 0.516. The van der Waals surface area contributed by atoms with Gasteiger partial charge in [0, 0.05) is 10.1 Å². The van der Waals surface area contributed by atoms with E-state index >= 15 is 0 Å². The number of nitrogens with two attached hydrogens (primary N) is 2. The van der Waals surface area contributed by atoms with Gasteiger partial charge in [0.1, 0.15) is 0 Å². The Hall–Kier alpha value is -0.830. The van der Waals surface area contributed by atoms with Crippen molar-refractivity contribution in [3.63, 3.8) is 0 Å². The summed E-state index contributed by atoms with van der Waals surface area (Å²) in [6.45, 7) is 0. The van der Waals surface area contributed by atoms with Crippen LogP contribution in [0.2, 0.25) is 0 Å². The SMILES string of the molecule is Nc1ccc(SC2CCCCC2)cc1N. The van der Waals surface area contributed by atoms with Gasteiger partial charge < -0.3 is 11.5 Å². The minimum Gasteiger partial charge on any atom is -0.397 e. The molecule has 15 heavy (non-hydrogen) atoms. The number of nitrogen functional groups attached to an aromatic ring is 2. The van der Waals surface area contributed by atoms with Gasteiger partial charge in [0.15, 0.2) is 0 Å². The first-order valence-electron chi connectivity index (χ1n) is 5.57. The van der Waals surface area contributed by atoms with Gasteiger partial charge in [-0.1, -0.05) is 19.3 Å². The first-order valence-corrected chi connectivity index (χ1v) is 6.45. The second-order valence-electron chi connectivity index (χ2n) is 4.17. The zero-order valence-electron chi connectivity index (χ0n) is 8.91. The summed E-state index contributed by atoms with van der Waals surface area (Å²) in [5.41, 5.74) is 12.9. The predicted molar refractivity (Wildman–Crippen MR) is 68.0 cm³/mol. The van der Waals surface area contributed by atoms with Crippen LogP contribution in [0.1, 0.15) is 32.1 Å². The van der Waals surface area contributed by atoms with Crippen LogP contribution in [-0.4, -0.2) is 5.25 Å². The monoisotopic (exact) mass is 222 g/mol. The fourth-order valence-electron chi connectivity index (χ4n) is 2.00. The minimum absolute atomic E-state index is 0.683. The van der Waals surface area contributed by atoms with Crippen LogP contribution in [-0.2, 0) is 0 Å². The van der Waals surface area contributed by atoms with E-state index in [9.17, 15) is 0 Å². The summed E-state index contributed by atoms with van der Waals surface area (Å²) in [5.74, 6) is 0. The average Bonchev–Trinajstić information content (AvgIpc) is 2.25. The van der Waals surface area contributed by atoms with Crippen LogP contribution in [0.4, 0.5) is 11.4 Å². The molecule has 1 saturated carbocycles. The summed E-state index contributed by atoms with van der Waals surface area (Å²) in [5, 5.41) is 0.779. The summed E-state index contributed by atoms with van der Waals surface area (Å²) >= 11 is 1.95. The molecule has 3 heteroatoms. The van der Waals surface area contributed by atoms with Crippen LogP contribution in [0.5, 0.6) is 0 Å². The number of rotatable bonds is 2. The molecule has 0 atom stereocenters. The van der Waals surface area contributed by atoms with Gasteiger partial charge in [-0.15, -0.1) is 11.8 Å². The quantitative estimate of drug-likeness (QED) is 0.755. The average molecular weight is 222 g/mol. The number of thioether (sulfide) groups is 1. The van der Waals surface area contributed by atoms with Crippen molar-refractivity contribution in [2.24, 2.45) is 0 Å². The molecular formula is C12H18N2S. The van der Waals surface area contributed by atoms with E-state index in [1.807, 2.05) is 23.9 Å². The second-order valence-corrected chi connectivity index (χ2v) is 5.54. The maximum absolute atomic E-state index is 5.79. The number of hydrogen-bond acceptors (Lipinski definition) is 3. The Balaban J connectivity index is 2.00. The molecule has 0 heterocycles. The van der Waals surface area contributed by atoms with E-state index in [2.05, 4.69) is 6.07 Å². The summed E-state index contributed by atoms with van der Waals surface area (Å²) in [6.07, 6.45) is 6.84. The van der Waals surface area contributed by atoms with Crippen molar-refractivity contribution in [3.05, 3.63) is 18.2 Å². The molecule has 1 aliphatic carbocycles. The van der Waals surface area contributed by atoms with Crippen molar-refractivity contribution >= 4 is 23.1 Å². The smallest absolute Gasteiger partial charge is 0.0559 e. The Bertz CT molecular complexity index is 332. The number of hydrogen-bond donors (Lipinski definition) is 2. The molecule has 0 spiro atoms. The number of benzene rings is 1. The first kappa shape index (κ1) is 10.7.